The number of aliphatic hydroxyl groups excluding tert-OH is 1. The summed E-state index contributed by atoms with van der Waals surface area (Å²) in [5.41, 5.74) is -3.05. The molecule has 0 heterocycles. The lowest BCUT2D eigenvalue weighted by atomic mass is 9.70. The molecule has 0 radical (unpaired) electrons. The molecule has 45 heavy (non-hydrogen) atoms. The van der Waals surface area contributed by atoms with E-state index in [9.17, 15) is 84.2 Å². The van der Waals surface area contributed by atoms with E-state index in [2.05, 4.69) is 14.5 Å². The maximum atomic E-state index is 14.1. The molecular formula is C22H23F17O6. The normalized spacial score (nSPS) is 15.8. The number of allylic oxidation sites excluding steroid dienone is 1. The van der Waals surface area contributed by atoms with Crippen molar-refractivity contribution < 1.29 is 104 Å². The van der Waals surface area contributed by atoms with E-state index in [1.165, 1.54) is 20.8 Å². The molecule has 0 aromatic rings. The zero-order valence-corrected chi connectivity index (χ0v) is 22.9. The highest BCUT2D eigenvalue weighted by Crippen LogP contribution is 2.63. The molecule has 0 aliphatic rings. The first-order valence-corrected chi connectivity index (χ1v) is 11.7. The van der Waals surface area contributed by atoms with E-state index in [0.29, 0.717) is 0 Å². The Morgan fingerprint density at radius 3 is 1.49 bits per heavy atom. The number of alkyl halides is 15. The minimum atomic E-state index is -8.73. The highest BCUT2D eigenvalue weighted by Gasteiger charge is 2.94. The van der Waals surface area contributed by atoms with E-state index in [1.54, 1.807) is 0 Å². The molecule has 1 atom stereocenters. The SMILES string of the molecule is CCC(C)(CC(C)(C)C(=O)CCO)C(=O)OCOOC(=C(F)F)C(F)(F)C(F)(F)C(F)(F)C(F)(F)C(F)(F)C(F)(F)C(F)(F)F. The van der Waals surface area contributed by atoms with E-state index in [1.807, 2.05) is 0 Å². The molecule has 0 bridgehead atoms. The van der Waals surface area contributed by atoms with Crippen LogP contribution in [0.1, 0.15) is 47.0 Å². The van der Waals surface area contributed by atoms with Crippen LogP contribution >= 0.6 is 0 Å². The van der Waals surface area contributed by atoms with Crippen molar-refractivity contribution in [1.29, 1.82) is 0 Å². The quantitative estimate of drug-likeness (QED) is 0.0318. The predicted octanol–water partition coefficient (Wildman–Crippen LogP) is 7.70. The van der Waals surface area contributed by atoms with Gasteiger partial charge in [-0.15, -0.1) is 4.89 Å². The van der Waals surface area contributed by atoms with Gasteiger partial charge in [0.15, 0.2) is 0 Å². The van der Waals surface area contributed by atoms with E-state index >= 15 is 0 Å². The summed E-state index contributed by atoms with van der Waals surface area (Å²) >= 11 is 0. The molecule has 0 amide bonds. The monoisotopic (exact) mass is 706 g/mol. The second kappa shape index (κ2) is 13.3. The van der Waals surface area contributed by atoms with E-state index in [-0.39, 0.29) is 19.3 Å². The summed E-state index contributed by atoms with van der Waals surface area (Å²) in [6.45, 7) is 2.55. The summed E-state index contributed by atoms with van der Waals surface area (Å²) in [6, 6.07) is 0. The fourth-order valence-corrected chi connectivity index (χ4v) is 3.50. The van der Waals surface area contributed by atoms with Gasteiger partial charge < -0.3 is 14.7 Å². The molecule has 0 saturated carbocycles. The van der Waals surface area contributed by atoms with Crippen molar-refractivity contribution in [1.82, 2.24) is 0 Å². The lowest BCUT2D eigenvalue weighted by molar-refractivity contribution is -0.454. The lowest BCUT2D eigenvalue weighted by Gasteiger charge is -2.41. The fraction of sp³-hybridized carbons (Fsp3) is 0.818. The molecule has 1 unspecified atom stereocenters. The second-order valence-corrected chi connectivity index (χ2v) is 10.2. The van der Waals surface area contributed by atoms with E-state index < -0.39 is 89.5 Å². The lowest BCUT2D eigenvalue weighted by Crippen LogP contribution is -2.72. The number of aliphatic hydroxyl groups is 1. The van der Waals surface area contributed by atoms with Crippen LogP contribution in [-0.4, -0.2) is 72.0 Å². The van der Waals surface area contributed by atoms with Crippen molar-refractivity contribution >= 4 is 11.8 Å². The van der Waals surface area contributed by atoms with Crippen LogP contribution in [0.4, 0.5) is 74.6 Å². The molecule has 23 heteroatoms. The van der Waals surface area contributed by atoms with Gasteiger partial charge >= 0.3 is 53.8 Å². The van der Waals surface area contributed by atoms with Gasteiger partial charge in [0.2, 0.25) is 6.79 Å². The van der Waals surface area contributed by atoms with Gasteiger partial charge in [0, 0.05) is 18.4 Å². The number of rotatable bonds is 17. The Kier molecular flexibility index (Phi) is 12.5. The fourth-order valence-electron chi connectivity index (χ4n) is 3.50. The molecule has 0 aromatic carbocycles. The molecule has 0 aliphatic heterocycles. The first-order chi connectivity index (χ1) is 19.7. The summed E-state index contributed by atoms with van der Waals surface area (Å²) in [5, 5.41) is 8.90. The third kappa shape index (κ3) is 7.53. The highest BCUT2D eigenvalue weighted by molar-refractivity contribution is 5.85. The van der Waals surface area contributed by atoms with Crippen LogP contribution < -0.4 is 0 Å². The Morgan fingerprint density at radius 2 is 1.11 bits per heavy atom. The van der Waals surface area contributed by atoms with Gasteiger partial charge in [0.25, 0.3) is 5.76 Å². The summed E-state index contributed by atoms with van der Waals surface area (Å²) in [5.74, 6) is -56.4. The van der Waals surface area contributed by atoms with Gasteiger partial charge in [0.1, 0.15) is 5.78 Å². The molecule has 0 aromatic heterocycles. The number of ether oxygens (including phenoxy) is 1. The van der Waals surface area contributed by atoms with Crippen LogP contribution in [0, 0.1) is 10.8 Å². The minimum Gasteiger partial charge on any atom is -0.434 e. The van der Waals surface area contributed by atoms with E-state index in [0.717, 1.165) is 6.92 Å². The summed E-state index contributed by atoms with van der Waals surface area (Å²) < 4.78 is 230. The van der Waals surface area contributed by atoms with Crippen LogP contribution in [0.2, 0.25) is 0 Å². The molecule has 0 aliphatic carbocycles. The predicted molar refractivity (Wildman–Crippen MR) is 112 cm³/mol. The van der Waals surface area contributed by atoms with Crippen LogP contribution in [0.25, 0.3) is 0 Å². The molecule has 266 valence electrons. The summed E-state index contributed by atoms with van der Waals surface area (Å²) in [4.78, 5) is 31.0. The van der Waals surface area contributed by atoms with Gasteiger partial charge in [0.05, 0.1) is 5.41 Å². The first-order valence-electron chi connectivity index (χ1n) is 11.7. The van der Waals surface area contributed by atoms with Crippen LogP contribution in [0.5, 0.6) is 0 Å². The van der Waals surface area contributed by atoms with Crippen molar-refractivity contribution in [2.45, 2.75) is 88.7 Å². The molecule has 0 spiro atoms. The maximum Gasteiger partial charge on any atom is 0.460 e. The first kappa shape index (κ1) is 42.4. The Hall–Kier alpha value is -2.59. The van der Waals surface area contributed by atoms with Crippen molar-refractivity contribution in [3.05, 3.63) is 11.8 Å². The topological polar surface area (TPSA) is 82.1 Å². The van der Waals surface area contributed by atoms with Crippen LogP contribution in [0.3, 0.4) is 0 Å². The van der Waals surface area contributed by atoms with Crippen LogP contribution in [0.15, 0.2) is 11.8 Å². The Balaban J connectivity index is 6.17. The summed E-state index contributed by atoms with van der Waals surface area (Å²) in [7, 11) is 0. The molecular weight excluding hydrogens is 683 g/mol. The Morgan fingerprint density at radius 1 is 0.689 bits per heavy atom. The molecule has 0 rings (SSSR count). The minimum absolute atomic E-state index is 0.182. The summed E-state index contributed by atoms with van der Waals surface area (Å²) in [6.07, 6.45) is -13.1. The number of carbonyl (C=O) groups is 2. The number of hydrogen-bond donors (Lipinski definition) is 1. The van der Waals surface area contributed by atoms with E-state index in [4.69, 9.17) is 5.11 Å². The molecule has 0 saturated heterocycles. The van der Waals surface area contributed by atoms with Crippen molar-refractivity contribution in [3.63, 3.8) is 0 Å². The number of halogens is 17. The number of hydrogen-bond acceptors (Lipinski definition) is 6. The second-order valence-electron chi connectivity index (χ2n) is 10.2. The van der Waals surface area contributed by atoms with Crippen molar-refractivity contribution in [2.24, 2.45) is 10.8 Å². The van der Waals surface area contributed by atoms with Gasteiger partial charge in [-0.05, 0) is 19.8 Å². The molecule has 0 fully saturated rings. The van der Waals surface area contributed by atoms with Gasteiger partial charge in [-0.2, -0.15) is 74.6 Å². The smallest absolute Gasteiger partial charge is 0.434 e. The van der Waals surface area contributed by atoms with Gasteiger partial charge in [-0.1, -0.05) is 20.8 Å². The zero-order chi connectivity index (χ0) is 36.5. The number of Topliss-reactive ketones (excluding diaryl/α,β-unsaturated/α-hetero) is 1. The number of esters is 1. The highest BCUT2D eigenvalue weighted by atomic mass is 19.4. The Bertz CT molecular complexity index is 1100. The largest absolute Gasteiger partial charge is 0.460 e. The average Bonchev–Trinajstić information content (AvgIpc) is 2.86. The van der Waals surface area contributed by atoms with Gasteiger partial charge in [-0.3, -0.25) is 9.59 Å². The van der Waals surface area contributed by atoms with Crippen molar-refractivity contribution in [2.75, 3.05) is 13.4 Å². The Labute approximate surface area is 241 Å². The third-order valence-corrected chi connectivity index (χ3v) is 6.36. The maximum absolute atomic E-state index is 14.1. The number of carbonyl (C=O) groups excluding carboxylic acids is 2. The van der Waals surface area contributed by atoms with Gasteiger partial charge in [-0.25, -0.2) is 0 Å². The molecule has 6 nitrogen and oxygen atoms in total. The van der Waals surface area contributed by atoms with Crippen LogP contribution in [-0.2, 0) is 24.1 Å². The average molecular weight is 706 g/mol. The zero-order valence-electron chi connectivity index (χ0n) is 22.9. The van der Waals surface area contributed by atoms with Crippen molar-refractivity contribution in [3.8, 4) is 0 Å². The molecule has 1 N–H and O–H groups in total. The number of ketones is 1. The third-order valence-electron chi connectivity index (χ3n) is 6.36. The standard InChI is InChI=1S/C22H23F17O6/c1-5-15(4,8-14(2,3)10(41)6-7-40)13(42)43-9-44-45-11(12(23)24)16(25,26)17(27,28)18(29,30)19(31,32)20(33,34)21(35,36)22(37,38)39/h40H,5-9H2,1-4H3.